The molecular weight excluding hydrogens is 306 g/mol. The highest BCUT2D eigenvalue weighted by molar-refractivity contribution is 5.96. The van der Waals surface area contributed by atoms with Crippen LogP contribution in [0.3, 0.4) is 0 Å². The molecule has 1 atom stereocenters. The zero-order chi connectivity index (χ0) is 17.5. The zero-order valence-electron chi connectivity index (χ0n) is 13.8. The number of nitrogens with two attached hydrogens (primary N) is 1. The topological polar surface area (TPSA) is 90.7 Å². The molecule has 0 radical (unpaired) electrons. The second kappa shape index (κ2) is 8.22. The minimum atomic E-state index is -0.884. The van der Waals surface area contributed by atoms with E-state index in [-0.39, 0.29) is 6.42 Å². The van der Waals surface area contributed by atoms with E-state index in [1.807, 2.05) is 24.3 Å². The number of terminal acetylenes is 1. The van der Waals surface area contributed by atoms with E-state index in [1.54, 1.807) is 0 Å². The lowest BCUT2D eigenvalue weighted by Gasteiger charge is -2.35. The van der Waals surface area contributed by atoms with Crippen molar-refractivity contribution < 1.29 is 9.59 Å². The lowest BCUT2D eigenvalue weighted by molar-refractivity contribution is -0.119. The van der Waals surface area contributed by atoms with Crippen LogP contribution < -0.4 is 21.3 Å². The van der Waals surface area contributed by atoms with Gasteiger partial charge in [0.15, 0.2) is 0 Å². The summed E-state index contributed by atoms with van der Waals surface area (Å²) in [5.74, 6) is 1.67. The smallest absolute Gasteiger partial charge is 0.319 e. The predicted octanol–water partition coefficient (Wildman–Crippen LogP) is 0.437. The van der Waals surface area contributed by atoms with E-state index >= 15 is 0 Å². The van der Waals surface area contributed by atoms with Gasteiger partial charge in [-0.05, 0) is 19.2 Å². The van der Waals surface area contributed by atoms with E-state index in [1.165, 1.54) is 0 Å². The fourth-order valence-corrected chi connectivity index (χ4v) is 2.56. The summed E-state index contributed by atoms with van der Waals surface area (Å²) in [5, 5.41) is 5.29. The molecule has 0 saturated carbocycles. The molecule has 1 heterocycles. The van der Waals surface area contributed by atoms with Gasteiger partial charge in [-0.2, -0.15) is 0 Å². The number of primary amides is 1. The number of nitrogens with zero attached hydrogens (tertiary/aromatic N) is 2. The first-order valence-corrected chi connectivity index (χ1v) is 7.84. The van der Waals surface area contributed by atoms with Gasteiger partial charge in [0, 0.05) is 32.6 Å². The zero-order valence-corrected chi connectivity index (χ0v) is 13.8. The number of hydrogen-bond donors (Lipinski definition) is 3. The van der Waals surface area contributed by atoms with Crippen molar-refractivity contribution in [1.82, 2.24) is 10.2 Å². The Morgan fingerprint density at radius 1 is 1.29 bits per heavy atom. The lowest BCUT2D eigenvalue weighted by Crippen LogP contribution is -2.46. The number of para-hydroxylation sites is 2. The van der Waals surface area contributed by atoms with Gasteiger partial charge in [0.1, 0.15) is 6.04 Å². The highest BCUT2D eigenvalue weighted by Gasteiger charge is 2.20. The summed E-state index contributed by atoms with van der Waals surface area (Å²) in [6, 6.07) is 6.19. The first kappa shape index (κ1) is 17.6. The minimum absolute atomic E-state index is 0.0584. The average Bonchev–Trinajstić information content (AvgIpc) is 2.56. The molecule has 4 N–H and O–H groups in total. The Balaban J connectivity index is 2.05. The summed E-state index contributed by atoms with van der Waals surface area (Å²) in [7, 11) is 2.09. The average molecular weight is 329 g/mol. The Labute approximate surface area is 142 Å². The number of hydrogen-bond acceptors (Lipinski definition) is 4. The monoisotopic (exact) mass is 329 g/mol. The van der Waals surface area contributed by atoms with Crippen LogP contribution >= 0.6 is 0 Å². The Hall–Kier alpha value is -2.72. The van der Waals surface area contributed by atoms with Crippen LogP contribution in [0.5, 0.6) is 0 Å². The lowest BCUT2D eigenvalue weighted by atomic mass is 10.2. The van der Waals surface area contributed by atoms with E-state index in [0.717, 1.165) is 31.9 Å². The molecule has 0 aromatic heterocycles. The third-order valence-corrected chi connectivity index (χ3v) is 3.97. The standard InChI is InChI=1S/C17H23N5O2/c1-3-6-14(16(18)23)20-17(24)19-13-7-4-5-8-15(13)22-11-9-21(2)10-12-22/h1,4-5,7-8,14H,6,9-12H2,2H3,(H2,18,23)(H2,19,20,24)/t14-/m0/s1. The molecule has 0 aliphatic carbocycles. The van der Waals surface area contributed by atoms with Crippen molar-refractivity contribution >= 4 is 23.3 Å². The molecule has 24 heavy (non-hydrogen) atoms. The van der Waals surface area contributed by atoms with Gasteiger partial charge in [-0.3, -0.25) is 4.79 Å². The third-order valence-electron chi connectivity index (χ3n) is 3.97. The van der Waals surface area contributed by atoms with Gasteiger partial charge in [0.05, 0.1) is 11.4 Å². The minimum Gasteiger partial charge on any atom is -0.368 e. The summed E-state index contributed by atoms with van der Waals surface area (Å²) < 4.78 is 0. The molecule has 7 nitrogen and oxygen atoms in total. The molecule has 0 unspecified atom stereocenters. The number of nitrogens with one attached hydrogen (secondary N) is 2. The molecule has 1 aromatic rings. The maximum absolute atomic E-state index is 12.2. The molecule has 1 aliphatic heterocycles. The summed E-state index contributed by atoms with van der Waals surface area (Å²) in [6.45, 7) is 3.70. The van der Waals surface area contributed by atoms with Crippen molar-refractivity contribution in [2.75, 3.05) is 43.4 Å². The van der Waals surface area contributed by atoms with Crippen LogP contribution in [0, 0.1) is 12.3 Å². The molecule has 1 saturated heterocycles. The van der Waals surface area contributed by atoms with Crippen LogP contribution in [-0.4, -0.2) is 56.1 Å². The molecule has 3 amide bonds. The SMILES string of the molecule is C#CC[C@H](NC(=O)Nc1ccccc1N1CCN(C)CC1)C(N)=O. The van der Waals surface area contributed by atoms with Gasteiger partial charge >= 0.3 is 6.03 Å². The number of anilines is 2. The highest BCUT2D eigenvalue weighted by Crippen LogP contribution is 2.26. The van der Waals surface area contributed by atoms with Gasteiger partial charge in [0.25, 0.3) is 0 Å². The maximum Gasteiger partial charge on any atom is 0.319 e. The number of rotatable bonds is 5. The Morgan fingerprint density at radius 3 is 2.58 bits per heavy atom. The summed E-state index contributed by atoms with van der Waals surface area (Å²) >= 11 is 0. The molecule has 2 rings (SSSR count). The third kappa shape index (κ3) is 4.64. The molecule has 128 valence electrons. The van der Waals surface area contributed by atoms with Crippen molar-refractivity contribution in [2.24, 2.45) is 5.73 Å². The second-order valence-corrected chi connectivity index (χ2v) is 5.77. The number of carbonyl (C=O) groups is 2. The molecule has 1 aromatic carbocycles. The van der Waals surface area contributed by atoms with Crippen LogP contribution in [0.1, 0.15) is 6.42 Å². The van der Waals surface area contributed by atoms with Crippen LogP contribution in [-0.2, 0) is 4.79 Å². The van der Waals surface area contributed by atoms with Crippen molar-refractivity contribution in [2.45, 2.75) is 12.5 Å². The number of carbonyl (C=O) groups excluding carboxylic acids is 2. The Morgan fingerprint density at radius 2 is 1.96 bits per heavy atom. The van der Waals surface area contributed by atoms with Gasteiger partial charge in [-0.15, -0.1) is 12.3 Å². The highest BCUT2D eigenvalue weighted by atomic mass is 16.2. The number of likely N-dealkylation sites (N-methyl/N-ethyl adjacent to an activating group) is 1. The van der Waals surface area contributed by atoms with Crippen LogP contribution in [0.25, 0.3) is 0 Å². The first-order valence-electron chi connectivity index (χ1n) is 7.84. The van der Waals surface area contributed by atoms with Crippen LogP contribution in [0.15, 0.2) is 24.3 Å². The summed E-state index contributed by atoms with van der Waals surface area (Å²) in [5.41, 5.74) is 6.87. The fraction of sp³-hybridized carbons (Fsp3) is 0.412. The number of piperazine rings is 1. The second-order valence-electron chi connectivity index (χ2n) is 5.77. The molecule has 0 bridgehead atoms. The van der Waals surface area contributed by atoms with Crippen molar-refractivity contribution in [3.8, 4) is 12.3 Å². The molecule has 0 spiro atoms. The van der Waals surface area contributed by atoms with Crippen LogP contribution in [0.4, 0.5) is 16.2 Å². The van der Waals surface area contributed by atoms with Crippen molar-refractivity contribution in [3.63, 3.8) is 0 Å². The molecular formula is C17H23N5O2. The van der Waals surface area contributed by atoms with Crippen molar-refractivity contribution in [3.05, 3.63) is 24.3 Å². The predicted molar refractivity (Wildman–Crippen MR) is 94.7 cm³/mol. The number of urea groups is 1. The summed E-state index contributed by atoms with van der Waals surface area (Å²) in [6.07, 6.45) is 5.25. The van der Waals surface area contributed by atoms with Gasteiger partial charge in [-0.1, -0.05) is 12.1 Å². The van der Waals surface area contributed by atoms with Crippen LogP contribution in [0.2, 0.25) is 0 Å². The molecule has 1 aliphatic rings. The number of benzene rings is 1. The van der Waals surface area contributed by atoms with Gasteiger partial charge < -0.3 is 26.2 Å². The van der Waals surface area contributed by atoms with Crippen molar-refractivity contribution in [1.29, 1.82) is 0 Å². The summed E-state index contributed by atoms with van der Waals surface area (Å²) in [4.78, 5) is 27.9. The quantitative estimate of drug-likeness (QED) is 0.684. The largest absolute Gasteiger partial charge is 0.368 e. The van der Waals surface area contributed by atoms with E-state index in [9.17, 15) is 9.59 Å². The van der Waals surface area contributed by atoms with E-state index in [2.05, 4.69) is 33.4 Å². The van der Waals surface area contributed by atoms with Gasteiger partial charge in [-0.25, -0.2) is 4.79 Å². The molecule has 1 fully saturated rings. The van der Waals surface area contributed by atoms with E-state index < -0.39 is 18.0 Å². The normalized spacial score (nSPS) is 16.1. The molecule has 7 heteroatoms. The fourth-order valence-electron chi connectivity index (χ4n) is 2.56. The van der Waals surface area contributed by atoms with E-state index in [4.69, 9.17) is 12.2 Å². The van der Waals surface area contributed by atoms with E-state index in [0.29, 0.717) is 5.69 Å². The Kier molecular flexibility index (Phi) is 6.04. The first-order chi connectivity index (χ1) is 11.5. The number of amides is 3. The Bertz CT molecular complexity index is 632. The van der Waals surface area contributed by atoms with Gasteiger partial charge in [0.2, 0.25) is 5.91 Å². The maximum atomic E-state index is 12.2.